The monoisotopic (exact) mass is 288 g/mol. The minimum Gasteiger partial charge on any atom is -0.354 e. The first-order valence-electron chi connectivity index (χ1n) is 4.44. The Morgan fingerprint density at radius 1 is 1.33 bits per heavy atom. The number of halogens is 6. The van der Waals surface area contributed by atoms with Gasteiger partial charge < -0.3 is 5.32 Å². The van der Waals surface area contributed by atoms with Gasteiger partial charge in [-0.1, -0.05) is 11.6 Å². The van der Waals surface area contributed by atoms with Crippen molar-refractivity contribution in [1.82, 2.24) is 10.3 Å². The van der Waals surface area contributed by atoms with Crippen LogP contribution in [0, 0.1) is 0 Å². The van der Waals surface area contributed by atoms with Crippen molar-refractivity contribution < 1.29 is 26.7 Å². The van der Waals surface area contributed by atoms with E-state index in [9.17, 15) is 26.7 Å². The van der Waals surface area contributed by atoms with Crippen molar-refractivity contribution in [1.29, 1.82) is 0 Å². The Kier molecular flexibility index (Phi) is 3.80. The fourth-order valence-corrected chi connectivity index (χ4v) is 1.37. The normalized spacial score (nSPS) is 12.4. The van der Waals surface area contributed by atoms with Crippen molar-refractivity contribution in [2.24, 2.45) is 0 Å². The lowest BCUT2D eigenvalue weighted by atomic mass is 10.1. The minimum absolute atomic E-state index is 0.193. The highest BCUT2D eigenvalue weighted by molar-refractivity contribution is 6.31. The molecule has 0 unspecified atom stereocenters. The average molecular weight is 289 g/mol. The Morgan fingerprint density at radius 3 is 2.28 bits per heavy atom. The fourth-order valence-electron chi connectivity index (χ4n) is 1.09. The number of hydrogen-bond acceptors (Lipinski definition) is 2. The lowest BCUT2D eigenvalue weighted by Gasteiger charge is -2.16. The maximum Gasteiger partial charge on any atom is 0.417 e. The van der Waals surface area contributed by atoms with Crippen LogP contribution in [0.15, 0.2) is 12.3 Å². The number of hydrogen-bond donors (Lipinski definition) is 1. The topological polar surface area (TPSA) is 42.0 Å². The molecule has 0 spiro atoms. The first-order valence-corrected chi connectivity index (χ1v) is 4.81. The maximum atomic E-state index is 13.4. The Balaban J connectivity index is 3.26. The number of carbonyl (C=O) groups is 1. The van der Waals surface area contributed by atoms with Gasteiger partial charge in [-0.25, -0.2) is 0 Å². The third-order valence-corrected chi connectivity index (χ3v) is 2.27. The van der Waals surface area contributed by atoms with Crippen molar-refractivity contribution in [3.8, 4) is 0 Å². The van der Waals surface area contributed by atoms with Crippen molar-refractivity contribution in [2.75, 3.05) is 7.05 Å². The van der Waals surface area contributed by atoms with Gasteiger partial charge in [0.1, 0.15) is 5.69 Å². The summed E-state index contributed by atoms with van der Waals surface area (Å²) in [5, 5.41) is 0.734. The van der Waals surface area contributed by atoms with Crippen LogP contribution >= 0.6 is 11.6 Å². The van der Waals surface area contributed by atoms with Gasteiger partial charge in [-0.05, 0) is 6.07 Å². The predicted octanol–water partition coefficient (Wildman–Crippen LogP) is 2.59. The molecule has 100 valence electrons. The Bertz CT molecular complexity index is 475. The summed E-state index contributed by atoms with van der Waals surface area (Å²) in [6.45, 7) is 0. The molecule has 1 N–H and O–H groups in total. The van der Waals surface area contributed by atoms with Gasteiger partial charge >= 0.3 is 12.1 Å². The summed E-state index contributed by atoms with van der Waals surface area (Å²) >= 11 is 5.30. The second-order valence-electron chi connectivity index (χ2n) is 3.21. The van der Waals surface area contributed by atoms with Crippen LogP contribution in [-0.4, -0.2) is 17.9 Å². The lowest BCUT2D eigenvalue weighted by Crippen LogP contribution is -2.36. The van der Waals surface area contributed by atoms with Gasteiger partial charge in [0.15, 0.2) is 0 Å². The van der Waals surface area contributed by atoms with Gasteiger partial charge in [0.25, 0.3) is 5.91 Å². The van der Waals surface area contributed by atoms with E-state index in [1.165, 1.54) is 0 Å². The van der Waals surface area contributed by atoms with Gasteiger partial charge in [0.2, 0.25) is 0 Å². The van der Waals surface area contributed by atoms with Gasteiger partial charge in [0, 0.05) is 13.2 Å². The van der Waals surface area contributed by atoms with E-state index in [4.69, 9.17) is 11.6 Å². The summed E-state index contributed by atoms with van der Waals surface area (Å²) in [5.41, 5.74) is -2.50. The zero-order valence-corrected chi connectivity index (χ0v) is 9.53. The molecule has 0 aromatic carbocycles. The van der Waals surface area contributed by atoms with E-state index < -0.39 is 34.3 Å². The summed E-state index contributed by atoms with van der Waals surface area (Å²) in [6, 6.07) is 0.292. The smallest absolute Gasteiger partial charge is 0.354 e. The van der Waals surface area contributed by atoms with Crippen LogP contribution in [-0.2, 0) is 16.9 Å². The molecule has 1 aromatic rings. The maximum absolute atomic E-state index is 13.4. The molecule has 1 rings (SSSR count). The molecule has 9 heteroatoms. The van der Waals surface area contributed by atoms with Crippen LogP contribution in [0.1, 0.15) is 11.3 Å². The molecule has 0 saturated carbocycles. The molecule has 0 aliphatic carbocycles. The third-order valence-electron chi connectivity index (χ3n) is 1.98. The first kappa shape index (κ1) is 14.6. The number of amides is 1. The zero-order valence-electron chi connectivity index (χ0n) is 8.78. The van der Waals surface area contributed by atoms with Crippen LogP contribution in [0.4, 0.5) is 22.0 Å². The summed E-state index contributed by atoms with van der Waals surface area (Å²) in [4.78, 5) is 13.8. The van der Waals surface area contributed by atoms with Gasteiger partial charge in [-0.15, -0.1) is 0 Å². The van der Waals surface area contributed by atoms with E-state index in [1.807, 2.05) is 0 Å². The second-order valence-corrected chi connectivity index (χ2v) is 3.61. The highest BCUT2D eigenvalue weighted by Crippen LogP contribution is 2.36. The SMILES string of the molecule is CNC(=O)C(F)(F)c1ncc(C(F)(F)F)cc1Cl. The van der Waals surface area contributed by atoms with Crippen LogP contribution in [0.5, 0.6) is 0 Å². The van der Waals surface area contributed by atoms with Crippen LogP contribution < -0.4 is 5.32 Å². The summed E-state index contributed by atoms with van der Waals surface area (Å²) < 4.78 is 63.6. The van der Waals surface area contributed by atoms with E-state index >= 15 is 0 Å². The molecule has 0 atom stereocenters. The summed E-state index contributed by atoms with van der Waals surface area (Å²) in [6.07, 6.45) is -4.56. The first-order chi connectivity index (χ1) is 8.10. The third kappa shape index (κ3) is 2.69. The fraction of sp³-hybridized carbons (Fsp3) is 0.333. The number of aromatic nitrogens is 1. The van der Waals surface area contributed by atoms with Gasteiger partial charge in [-0.3, -0.25) is 9.78 Å². The molecule has 0 saturated heterocycles. The standard InChI is InChI=1S/C9H6ClF5N2O/c1-16-7(18)8(11,12)6-5(10)2-4(3-17-6)9(13,14)15/h2-3H,1H3,(H,16,18). The molecule has 1 heterocycles. The molecular formula is C9H6ClF5N2O. The van der Waals surface area contributed by atoms with E-state index in [0.29, 0.717) is 6.07 Å². The molecule has 18 heavy (non-hydrogen) atoms. The molecule has 0 radical (unpaired) electrons. The van der Waals surface area contributed by atoms with Crippen molar-refractivity contribution >= 4 is 17.5 Å². The molecule has 0 fully saturated rings. The summed E-state index contributed by atoms with van der Waals surface area (Å²) in [7, 11) is 0.953. The van der Waals surface area contributed by atoms with Crippen molar-refractivity contribution in [2.45, 2.75) is 12.1 Å². The second kappa shape index (κ2) is 4.68. The summed E-state index contributed by atoms with van der Waals surface area (Å²) in [5.74, 6) is -5.81. The lowest BCUT2D eigenvalue weighted by molar-refractivity contribution is -0.147. The van der Waals surface area contributed by atoms with Gasteiger partial charge in [0.05, 0.1) is 10.6 Å². The quantitative estimate of drug-likeness (QED) is 0.850. The minimum atomic E-state index is -4.75. The highest BCUT2D eigenvalue weighted by atomic mass is 35.5. The van der Waals surface area contributed by atoms with Crippen LogP contribution in [0.2, 0.25) is 5.02 Å². The van der Waals surface area contributed by atoms with Gasteiger partial charge in [-0.2, -0.15) is 22.0 Å². The van der Waals surface area contributed by atoms with Crippen LogP contribution in [0.25, 0.3) is 0 Å². The number of pyridine rings is 1. The van der Waals surface area contributed by atoms with E-state index in [1.54, 1.807) is 5.32 Å². The highest BCUT2D eigenvalue weighted by Gasteiger charge is 2.44. The Morgan fingerprint density at radius 2 is 1.89 bits per heavy atom. The molecule has 1 aromatic heterocycles. The molecule has 0 bridgehead atoms. The molecular weight excluding hydrogens is 283 g/mol. The molecule has 3 nitrogen and oxygen atoms in total. The molecule has 0 aliphatic rings. The number of likely N-dealkylation sites (N-methyl/N-ethyl adjacent to an activating group) is 1. The van der Waals surface area contributed by atoms with Crippen LogP contribution in [0.3, 0.4) is 0 Å². The van der Waals surface area contributed by atoms with E-state index in [2.05, 4.69) is 4.98 Å². The Hall–Kier alpha value is -1.44. The zero-order chi connectivity index (χ0) is 14.1. The van der Waals surface area contributed by atoms with Crippen molar-refractivity contribution in [3.05, 3.63) is 28.5 Å². The van der Waals surface area contributed by atoms with E-state index in [-0.39, 0.29) is 6.20 Å². The predicted molar refractivity (Wildman–Crippen MR) is 52.2 cm³/mol. The van der Waals surface area contributed by atoms with E-state index in [0.717, 1.165) is 7.05 Å². The number of rotatable bonds is 2. The Labute approximate surface area is 103 Å². The number of nitrogens with zero attached hydrogens (tertiary/aromatic N) is 1. The molecule has 1 amide bonds. The number of nitrogens with one attached hydrogen (secondary N) is 1. The largest absolute Gasteiger partial charge is 0.417 e. The number of alkyl halides is 5. The number of carbonyl (C=O) groups excluding carboxylic acids is 1. The molecule has 0 aliphatic heterocycles. The average Bonchev–Trinajstić information content (AvgIpc) is 2.26. The van der Waals surface area contributed by atoms with Crippen molar-refractivity contribution in [3.63, 3.8) is 0 Å².